The maximum absolute atomic E-state index is 11.2. The molecule has 0 aromatic carbocycles. The fourth-order valence-electron chi connectivity index (χ4n) is 0.847. The Morgan fingerprint density at radius 3 is 2.59 bits per heavy atom. The minimum Gasteiger partial charge on any atom is -0.481 e. The van der Waals surface area contributed by atoms with Crippen LogP contribution in [0.4, 0.5) is 0 Å². The summed E-state index contributed by atoms with van der Waals surface area (Å²) in [6.07, 6.45) is 4.93. The van der Waals surface area contributed by atoms with Crippen LogP contribution in [0.1, 0.15) is 6.42 Å². The topological polar surface area (TPSA) is 63.6 Å². The Balaban J connectivity index is 3.72. The molecule has 0 bridgehead atoms. The molecule has 0 rings (SSSR count). The first kappa shape index (κ1) is 15.5. The van der Waals surface area contributed by atoms with Crippen molar-refractivity contribution in [3.8, 4) is 0 Å². The third-order valence-electron chi connectivity index (χ3n) is 1.67. The van der Waals surface area contributed by atoms with Crippen molar-refractivity contribution in [1.82, 2.24) is 0 Å². The monoisotopic (exact) mass is 256 g/mol. The molecule has 0 atom stereocenters. The Hall–Kier alpha value is -1.49. The predicted octanol–water partition coefficient (Wildman–Crippen LogP) is 2.04. The number of carbonyl (C=O) groups is 2. The van der Waals surface area contributed by atoms with Crippen LogP contribution in [0.5, 0.6) is 0 Å². The first-order chi connectivity index (χ1) is 8.10. The molecule has 0 fully saturated rings. The van der Waals surface area contributed by atoms with Crippen molar-refractivity contribution in [3.05, 3.63) is 37.0 Å². The summed E-state index contributed by atoms with van der Waals surface area (Å²) in [6.45, 7) is 7.26. The van der Waals surface area contributed by atoms with Gasteiger partial charge in [0, 0.05) is 5.75 Å². The SMILES string of the molecule is C=C/C=C(\C=C)COC(=O)CSCCC(=O)O. The normalized spacial score (nSPS) is 10.7. The molecule has 0 spiro atoms. The Morgan fingerprint density at radius 1 is 1.35 bits per heavy atom. The highest BCUT2D eigenvalue weighted by Gasteiger charge is 2.04. The van der Waals surface area contributed by atoms with Gasteiger partial charge in [-0.25, -0.2) is 0 Å². The highest BCUT2D eigenvalue weighted by Crippen LogP contribution is 2.04. The number of allylic oxidation sites excluding steroid dienone is 2. The van der Waals surface area contributed by atoms with Gasteiger partial charge in [0.25, 0.3) is 0 Å². The number of carboxylic acids is 1. The summed E-state index contributed by atoms with van der Waals surface area (Å²) < 4.78 is 4.96. The summed E-state index contributed by atoms with van der Waals surface area (Å²) in [5, 5.41) is 8.39. The van der Waals surface area contributed by atoms with Gasteiger partial charge in [0.2, 0.25) is 0 Å². The molecular weight excluding hydrogens is 240 g/mol. The molecule has 0 saturated carbocycles. The molecule has 17 heavy (non-hydrogen) atoms. The molecule has 0 aliphatic heterocycles. The van der Waals surface area contributed by atoms with Gasteiger partial charge >= 0.3 is 11.9 Å². The average molecular weight is 256 g/mol. The van der Waals surface area contributed by atoms with Crippen LogP contribution in [0.2, 0.25) is 0 Å². The van der Waals surface area contributed by atoms with E-state index in [0.29, 0.717) is 5.75 Å². The zero-order valence-corrected chi connectivity index (χ0v) is 10.4. The van der Waals surface area contributed by atoms with E-state index in [2.05, 4.69) is 13.2 Å². The van der Waals surface area contributed by atoms with Crippen molar-refractivity contribution in [2.45, 2.75) is 6.42 Å². The number of thioether (sulfide) groups is 1. The lowest BCUT2D eigenvalue weighted by atomic mass is 10.2. The van der Waals surface area contributed by atoms with Gasteiger partial charge < -0.3 is 9.84 Å². The van der Waals surface area contributed by atoms with Gasteiger partial charge in [-0.05, 0) is 5.57 Å². The molecule has 0 heterocycles. The minimum atomic E-state index is -0.867. The minimum absolute atomic E-state index is 0.0478. The molecule has 5 heteroatoms. The summed E-state index contributed by atoms with van der Waals surface area (Å²) >= 11 is 1.24. The molecule has 0 aromatic heterocycles. The molecule has 1 N–H and O–H groups in total. The van der Waals surface area contributed by atoms with E-state index in [1.807, 2.05) is 0 Å². The van der Waals surface area contributed by atoms with E-state index >= 15 is 0 Å². The predicted molar refractivity (Wildman–Crippen MR) is 69.0 cm³/mol. The Morgan fingerprint density at radius 2 is 2.06 bits per heavy atom. The summed E-state index contributed by atoms with van der Waals surface area (Å²) in [6, 6.07) is 0. The van der Waals surface area contributed by atoms with Gasteiger partial charge in [-0.1, -0.05) is 31.4 Å². The van der Waals surface area contributed by atoms with Crippen molar-refractivity contribution in [3.63, 3.8) is 0 Å². The number of esters is 1. The maximum atomic E-state index is 11.2. The summed E-state index contributed by atoms with van der Waals surface area (Å²) in [5.74, 6) is -0.668. The van der Waals surface area contributed by atoms with Crippen molar-refractivity contribution >= 4 is 23.7 Å². The average Bonchev–Trinajstić information content (AvgIpc) is 2.29. The van der Waals surface area contributed by atoms with Crippen LogP contribution >= 0.6 is 11.8 Å². The molecule has 0 aromatic rings. The van der Waals surface area contributed by atoms with Crippen LogP contribution in [0.15, 0.2) is 37.0 Å². The van der Waals surface area contributed by atoms with E-state index in [-0.39, 0.29) is 24.7 Å². The standard InChI is InChI=1S/C12H16O4S/c1-3-5-10(4-2)8-16-12(15)9-17-7-6-11(13)14/h3-5H,1-2,6-9H2,(H,13,14)/b10-5+. The van der Waals surface area contributed by atoms with Crippen LogP contribution in [-0.2, 0) is 14.3 Å². The van der Waals surface area contributed by atoms with Gasteiger partial charge in [-0.2, -0.15) is 0 Å². The zero-order chi connectivity index (χ0) is 13.1. The van der Waals surface area contributed by atoms with E-state index in [4.69, 9.17) is 9.84 Å². The first-order valence-corrected chi connectivity index (χ1v) is 6.14. The third-order valence-corrected chi connectivity index (χ3v) is 2.61. The van der Waals surface area contributed by atoms with Crippen LogP contribution < -0.4 is 0 Å². The zero-order valence-electron chi connectivity index (χ0n) is 9.55. The molecular formula is C12H16O4S. The van der Waals surface area contributed by atoms with Crippen molar-refractivity contribution in [2.24, 2.45) is 0 Å². The number of ether oxygens (including phenoxy) is 1. The Kier molecular flexibility index (Phi) is 8.86. The van der Waals surface area contributed by atoms with Crippen molar-refractivity contribution in [1.29, 1.82) is 0 Å². The van der Waals surface area contributed by atoms with Crippen molar-refractivity contribution < 1.29 is 19.4 Å². The summed E-state index contributed by atoms with van der Waals surface area (Å²) in [4.78, 5) is 21.4. The third kappa shape index (κ3) is 9.44. The van der Waals surface area contributed by atoms with E-state index in [9.17, 15) is 9.59 Å². The molecule has 0 saturated heterocycles. The highest BCUT2D eigenvalue weighted by atomic mass is 32.2. The molecule has 4 nitrogen and oxygen atoms in total. The Bertz CT molecular complexity index is 320. The van der Waals surface area contributed by atoms with Gasteiger partial charge in [-0.3, -0.25) is 9.59 Å². The number of rotatable bonds is 9. The fourth-order valence-corrected chi connectivity index (χ4v) is 1.56. The van der Waals surface area contributed by atoms with Gasteiger partial charge in [-0.15, -0.1) is 11.8 Å². The first-order valence-electron chi connectivity index (χ1n) is 4.99. The number of hydrogen-bond donors (Lipinski definition) is 1. The van der Waals surface area contributed by atoms with Gasteiger partial charge in [0.1, 0.15) is 6.61 Å². The second kappa shape index (κ2) is 9.72. The molecule has 0 aliphatic rings. The lowest BCUT2D eigenvalue weighted by Gasteiger charge is -2.04. The Labute approximate surface area is 105 Å². The van der Waals surface area contributed by atoms with Crippen LogP contribution in [-0.4, -0.2) is 35.2 Å². The smallest absolute Gasteiger partial charge is 0.316 e. The number of carbonyl (C=O) groups excluding carboxylic acids is 1. The lowest BCUT2D eigenvalue weighted by molar-refractivity contribution is -0.139. The molecule has 0 radical (unpaired) electrons. The molecule has 94 valence electrons. The van der Waals surface area contributed by atoms with Gasteiger partial charge in [0.15, 0.2) is 0 Å². The number of carboxylic acid groups (broad SMARTS) is 1. The van der Waals surface area contributed by atoms with Crippen molar-refractivity contribution in [2.75, 3.05) is 18.1 Å². The number of aliphatic carboxylic acids is 1. The van der Waals surface area contributed by atoms with Crippen LogP contribution in [0.3, 0.4) is 0 Å². The highest BCUT2D eigenvalue weighted by molar-refractivity contribution is 7.99. The van der Waals surface area contributed by atoms with Crippen LogP contribution in [0, 0.1) is 0 Å². The number of hydrogen-bond acceptors (Lipinski definition) is 4. The molecule has 0 aliphatic carbocycles. The largest absolute Gasteiger partial charge is 0.481 e. The van der Waals surface area contributed by atoms with E-state index in [1.54, 1.807) is 18.2 Å². The lowest BCUT2D eigenvalue weighted by Crippen LogP contribution is -2.10. The summed E-state index contributed by atoms with van der Waals surface area (Å²) in [7, 11) is 0. The van der Waals surface area contributed by atoms with E-state index in [0.717, 1.165) is 5.57 Å². The van der Waals surface area contributed by atoms with E-state index < -0.39 is 5.97 Å². The molecule has 0 unspecified atom stereocenters. The van der Waals surface area contributed by atoms with Gasteiger partial charge in [0.05, 0.1) is 12.2 Å². The van der Waals surface area contributed by atoms with E-state index in [1.165, 1.54) is 11.8 Å². The second-order valence-electron chi connectivity index (χ2n) is 3.04. The fraction of sp³-hybridized carbons (Fsp3) is 0.333. The second-order valence-corrected chi connectivity index (χ2v) is 4.14. The molecule has 0 amide bonds. The quantitative estimate of drug-likeness (QED) is 0.388. The summed E-state index contributed by atoms with van der Waals surface area (Å²) in [5.41, 5.74) is 0.767. The van der Waals surface area contributed by atoms with Crippen LogP contribution in [0.25, 0.3) is 0 Å². The maximum Gasteiger partial charge on any atom is 0.316 e.